The number of ether oxygens (including phenoxy) is 2. The molecule has 0 fully saturated rings. The first-order valence-corrected chi connectivity index (χ1v) is 5.17. The molecule has 1 aromatic carbocycles. The Morgan fingerprint density at radius 2 is 1.65 bits per heavy atom. The van der Waals surface area contributed by atoms with Gasteiger partial charge in [0.15, 0.2) is 11.5 Å². The summed E-state index contributed by atoms with van der Waals surface area (Å²) in [5, 5.41) is 9.78. The van der Waals surface area contributed by atoms with Gasteiger partial charge in [0.05, 0.1) is 14.2 Å². The van der Waals surface area contributed by atoms with Crippen molar-refractivity contribution < 1.29 is 19.0 Å². The SMILES string of the molecule is COc1cc(-c2ccc(C)o2)cc(OC)c1O. The van der Waals surface area contributed by atoms with Gasteiger partial charge in [-0.2, -0.15) is 0 Å². The van der Waals surface area contributed by atoms with E-state index in [4.69, 9.17) is 13.9 Å². The lowest BCUT2D eigenvalue weighted by molar-refractivity contribution is 0.340. The molecule has 0 saturated carbocycles. The maximum absolute atomic E-state index is 9.78. The number of aryl methyl sites for hydroxylation is 1. The molecule has 1 aromatic heterocycles. The molecule has 17 heavy (non-hydrogen) atoms. The number of furan rings is 1. The van der Waals surface area contributed by atoms with Gasteiger partial charge in [-0.3, -0.25) is 0 Å². The fraction of sp³-hybridized carbons (Fsp3) is 0.231. The average Bonchev–Trinajstić information content (AvgIpc) is 2.76. The van der Waals surface area contributed by atoms with Crippen molar-refractivity contribution >= 4 is 0 Å². The number of benzene rings is 1. The predicted molar refractivity (Wildman–Crippen MR) is 63.6 cm³/mol. The summed E-state index contributed by atoms with van der Waals surface area (Å²) < 4.78 is 15.7. The first-order valence-electron chi connectivity index (χ1n) is 5.17. The molecule has 0 aliphatic rings. The molecule has 1 heterocycles. The van der Waals surface area contributed by atoms with Crippen molar-refractivity contribution in [3.8, 4) is 28.6 Å². The van der Waals surface area contributed by atoms with Crippen molar-refractivity contribution in [2.24, 2.45) is 0 Å². The van der Waals surface area contributed by atoms with Crippen LogP contribution in [0, 0.1) is 6.92 Å². The van der Waals surface area contributed by atoms with Crippen LogP contribution in [-0.2, 0) is 0 Å². The highest BCUT2D eigenvalue weighted by Gasteiger charge is 2.13. The summed E-state index contributed by atoms with van der Waals surface area (Å²) in [5.41, 5.74) is 0.796. The molecule has 0 aliphatic heterocycles. The molecule has 2 rings (SSSR count). The maximum Gasteiger partial charge on any atom is 0.200 e. The highest BCUT2D eigenvalue weighted by molar-refractivity contribution is 5.67. The molecule has 0 unspecified atom stereocenters. The largest absolute Gasteiger partial charge is 0.502 e. The fourth-order valence-corrected chi connectivity index (χ4v) is 1.63. The van der Waals surface area contributed by atoms with Crippen molar-refractivity contribution in [2.75, 3.05) is 14.2 Å². The molecule has 0 aliphatic carbocycles. The minimum Gasteiger partial charge on any atom is -0.502 e. The molecule has 0 saturated heterocycles. The first kappa shape index (κ1) is 11.4. The van der Waals surface area contributed by atoms with E-state index in [1.54, 1.807) is 12.1 Å². The number of phenols is 1. The number of hydrogen-bond donors (Lipinski definition) is 1. The van der Waals surface area contributed by atoms with Gasteiger partial charge in [0, 0.05) is 5.56 Å². The van der Waals surface area contributed by atoms with Crippen molar-refractivity contribution in [2.45, 2.75) is 6.92 Å². The molecule has 90 valence electrons. The Kier molecular flexibility index (Phi) is 2.95. The van der Waals surface area contributed by atoms with Gasteiger partial charge in [-0.15, -0.1) is 0 Å². The number of hydrogen-bond acceptors (Lipinski definition) is 4. The smallest absolute Gasteiger partial charge is 0.200 e. The third-order valence-electron chi connectivity index (χ3n) is 2.50. The normalized spacial score (nSPS) is 10.3. The minimum atomic E-state index is -0.0120. The second-order valence-electron chi connectivity index (χ2n) is 3.64. The van der Waals surface area contributed by atoms with Gasteiger partial charge in [0.1, 0.15) is 11.5 Å². The summed E-state index contributed by atoms with van der Waals surface area (Å²) in [7, 11) is 2.98. The molecule has 1 N–H and O–H groups in total. The lowest BCUT2D eigenvalue weighted by atomic mass is 10.1. The van der Waals surface area contributed by atoms with Gasteiger partial charge >= 0.3 is 0 Å². The van der Waals surface area contributed by atoms with E-state index >= 15 is 0 Å². The monoisotopic (exact) mass is 234 g/mol. The van der Waals surface area contributed by atoms with E-state index in [0.717, 1.165) is 11.3 Å². The Labute approximate surface area is 99.4 Å². The first-order chi connectivity index (χ1) is 8.15. The van der Waals surface area contributed by atoms with Crippen LogP contribution in [0.1, 0.15) is 5.76 Å². The van der Waals surface area contributed by atoms with Gasteiger partial charge in [-0.25, -0.2) is 0 Å². The van der Waals surface area contributed by atoms with E-state index in [0.29, 0.717) is 17.3 Å². The van der Waals surface area contributed by atoms with E-state index in [9.17, 15) is 5.11 Å². The van der Waals surface area contributed by atoms with Crippen LogP contribution in [0.3, 0.4) is 0 Å². The van der Waals surface area contributed by atoms with E-state index in [-0.39, 0.29) is 5.75 Å². The van der Waals surface area contributed by atoms with Gasteiger partial charge in [-0.1, -0.05) is 0 Å². The topological polar surface area (TPSA) is 51.8 Å². The van der Waals surface area contributed by atoms with Crippen LogP contribution in [-0.4, -0.2) is 19.3 Å². The Morgan fingerprint density at radius 1 is 1.06 bits per heavy atom. The van der Waals surface area contributed by atoms with E-state index < -0.39 is 0 Å². The summed E-state index contributed by atoms with van der Waals surface area (Å²) in [6, 6.07) is 7.15. The van der Waals surface area contributed by atoms with Crippen LogP contribution in [0.2, 0.25) is 0 Å². The summed E-state index contributed by atoms with van der Waals surface area (Å²) in [6.07, 6.45) is 0. The van der Waals surface area contributed by atoms with Crippen molar-refractivity contribution in [1.82, 2.24) is 0 Å². The molecule has 2 aromatic rings. The molecule has 0 radical (unpaired) electrons. The Bertz CT molecular complexity index is 503. The fourth-order valence-electron chi connectivity index (χ4n) is 1.63. The Hall–Kier alpha value is -2.10. The third-order valence-corrected chi connectivity index (χ3v) is 2.50. The quantitative estimate of drug-likeness (QED) is 0.887. The summed E-state index contributed by atoms with van der Waals surface area (Å²) >= 11 is 0. The van der Waals surface area contributed by atoms with Crippen LogP contribution in [0.4, 0.5) is 0 Å². The highest BCUT2D eigenvalue weighted by Crippen LogP contribution is 2.40. The summed E-state index contributed by atoms with van der Waals surface area (Å²) in [6.45, 7) is 1.87. The van der Waals surface area contributed by atoms with E-state index in [2.05, 4.69) is 0 Å². The predicted octanol–water partition coefficient (Wildman–Crippen LogP) is 2.98. The second kappa shape index (κ2) is 4.41. The molecule has 0 bridgehead atoms. The van der Waals surface area contributed by atoms with Crippen LogP contribution in [0.15, 0.2) is 28.7 Å². The van der Waals surface area contributed by atoms with E-state index in [1.165, 1.54) is 14.2 Å². The Morgan fingerprint density at radius 3 is 2.06 bits per heavy atom. The summed E-state index contributed by atoms with van der Waals surface area (Å²) in [4.78, 5) is 0. The van der Waals surface area contributed by atoms with Crippen molar-refractivity contribution in [3.63, 3.8) is 0 Å². The van der Waals surface area contributed by atoms with Crippen LogP contribution >= 0.6 is 0 Å². The van der Waals surface area contributed by atoms with Crippen molar-refractivity contribution in [1.29, 1.82) is 0 Å². The number of phenolic OH excluding ortho intramolecular Hbond substituents is 1. The summed E-state index contributed by atoms with van der Waals surface area (Å²) in [5.74, 6) is 2.23. The van der Waals surface area contributed by atoms with Crippen LogP contribution in [0.25, 0.3) is 11.3 Å². The average molecular weight is 234 g/mol. The number of rotatable bonds is 3. The number of aromatic hydroxyl groups is 1. The highest BCUT2D eigenvalue weighted by atomic mass is 16.5. The molecule has 4 heteroatoms. The van der Waals surface area contributed by atoms with Gasteiger partial charge in [0.2, 0.25) is 5.75 Å². The van der Waals surface area contributed by atoms with Crippen molar-refractivity contribution in [3.05, 3.63) is 30.0 Å². The molecule has 4 nitrogen and oxygen atoms in total. The molecular formula is C13H14O4. The van der Waals surface area contributed by atoms with Crippen LogP contribution in [0.5, 0.6) is 17.2 Å². The Balaban J connectivity index is 2.55. The molecule has 0 spiro atoms. The third kappa shape index (κ3) is 2.06. The van der Waals surface area contributed by atoms with Gasteiger partial charge in [0.25, 0.3) is 0 Å². The minimum absolute atomic E-state index is 0.0120. The second-order valence-corrected chi connectivity index (χ2v) is 3.64. The maximum atomic E-state index is 9.78. The molecule has 0 amide bonds. The number of methoxy groups -OCH3 is 2. The lowest BCUT2D eigenvalue weighted by Crippen LogP contribution is -1.90. The molecular weight excluding hydrogens is 220 g/mol. The van der Waals surface area contributed by atoms with Crippen LogP contribution < -0.4 is 9.47 Å². The zero-order valence-electron chi connectivity index (χ0n) is 9.98. The zero-order chi connectivity index (χ0) is 12.4. The molecule has 0 atom stereocenters. The standard InChI is InChI=1S/C13H14O4/c1-8-4-5-10(17-8)9-6-11(15-2)13(14)12(7-9)16-3/h4-7,14H,1-3H3. The zero-order valence-corrected chi connectivity index (χ0v) is 9.98. The van der Waals surface area contributed by atoms with Gasteiger partial charge < -0.3 is 19.0 Å². The van der Waals surface area contributed by atoms with Gasteiger partial charge in [-0.05, 0) is 31.2 Å². The lowest BCUT2D eigenvalue weighted by Gasteiger charge is -2.10. The van der Waals surface area contributed by atoms with E-state index in [1.807, 2.05) is 19.1 Å².